The van der Waals surface area contributed by atoms with Crippen molar-refractivity contribution in [2.24, 2.45) is 0 Å². The van der Waals surface area contributed by atoms with E-state index in [4.69, 9.17) is 9.47 Å². The number of nitrogens with one attached hydrogen (secondary N) is 1. The van der Waals surface area contributed by atoms with Gasteiger partial charge in [0.2, 0.25) is 0 Å². The van der Waals surface area contributed by atoms with Crippen molar-refractivity contribution >= 4 is 11.8 Å². The van der Waals surface area contributed by atoms with Crippen LogP contribution < -0.4 is 10.1 Å². The molecule has 2 heterocycles. The number of carbonyl (C=O) groups is 2. The van der Waals surface area contributed by atoms with Crippen LogP contribution in [0.5, 0.6) is 5.75 Å². The van der Waals surface area contributed by atoms with E-state index >= 15 is 0 Å². The summed E-state index contributed by atoms with van der Waals surface area (Å²) in [6.45, 7) is 5.85. The Kier molecular flexibility index (Phi) is 4.02. The maximum Gasteiger partial charge on any atom is 0.257 e. The highest BCUT2D eigenvalue weighted by molar-refractivity contribution is 5.98. The van der Waals surface area contributed by atoms with Crippen molar-refractivity contribution < 1.29 is 19.1 Å². The number of likely N-dealkylation sites (N-methyl/N-ethyl adjacent to an activating group) is 1. The molecule has 0 aromatic heterocycles. The van der Waals surface area contributed by atoms with Gasteiger partial charge in [-0.25, -0.2) is 0 Å². The summed E-state index contributed by atoms with van der Waals surface area (Å²) in [5, 5.41) is 2.56. The smallest absolute Gasteiger partial charge is 0.257 e. The average Bonchev–Trinajstić information content (AvgIpc) is 2.89. The number of benzene rings is 1. The lowest BCUT2D eigenvalue weighted by Gasteiger charge is -2.32. The standard InChI is InChI=1S/C17H22N2O4/c1-17(2)10-23-14-11(5-4-6-12(14)17)16(21)19-7-8-22-13(9-19)15(20)18-3/h4-6,13H,7-10H2,1-3H3,(H,18,20). The van der Waals surface area contributed by atoms with Crippen molar-refractivity contribution in [1.29, 1.82) is 0 Å². The van der Waals surface area contributed by atoms with Gasteiger partial charge in [-0.05, 0) is 6.07 Å². The molecule has 1 atom stereocenters. The zero-order chi connectivity index (χ0) is 16.6. The summed E-state index contributed by atoms with van der Waals surface area (Å²) < 4.78 is 11.2. The van der Waals surface area contributed by atoms with Crippen LogP contribution in [0.4, 0.5) is 0 Å². The largest absolute Gasteiger partial charge is 0.492 e. The normalized spacial score (nSPS) is 22.2. The van der Waals surface area contributed by atoms with E-state index in [9.17, 15) is 9.59 Å². The van der Waals surface area contributed by atoms with E-state index in [-0.39, 0.29) is 23.8 Å². The fourth-order valence-corrected chi connectivity index (χ4v) is 3.05. The number of carbonyl (C=O) groups excluding carboxylic acids is 2. The van der Waals surface area contributed by atoms with Gasteiger partial charge in [-0.1, -0.05) is 26.0 Å². The lowest BCUT2D eigenvalue weighted by atomic mass is 9.86. The summed E-state index contributed by atoms with van der Waals surface area (Å²) in [6, 6.07) is 5.68. The van der Waals surface area contributed by atoms with Crippen LogP contribution in [0.3, 0.4) is 0 Å². The molecule has 2 aliphatic rings. The average molecular weight is 318 g/mol. The van der Waals surface area contributed by atoms with Crippen molar-refractivity contribution in [3.63, 3.8) is 0 Å². The summed E-state index contributed by atoms with van der Waals surface area (Å²) in [4.78, 5) is 26.3. The highest BCUT2D eigenvalue weighted by Crippen LogP contribution is 2.40. The quantitative estimate of drug-likeness (QED) is 0.881. The summed E-state index contributed by atoms with van der Waals surface area (Å²) in [7, 11) is 1.56. The van der Waals surface area contributed by atoms with E-state index in [1.807, 2.05) is 12.1 Å². The van der Waals surface area contributed by atoms with Gasteiger partial charge in [-0.3, -0.25) is 9.59 Å². The van der Waals surface area contributed by atoms with Crippen LogP contribution in [-0.2, 0) is 14.9 Å². The number of amides is 2. The molecule has 1 aromatic carbocycles. The molecule has 3 rings (SSSR count). The van der Waals surface area contributed by atoms with Gasteiger partial charge in [-0.2, -0.15) is 0 Å². The Balaban J connectivity index is 1.84. The van der Waals surface area contributed by atoms with Crippen molar-refractivity contribution in [3.05, 3.63) is 29.3 Å². The number of hydrogen-bond donors (Lipinski definition) is 1. The number of para-hydroxylation sites is 1. The minimum Gasteiger partial charge on any atom is -0.492 e. The Bertz CT molecular complexity index is 641. The molecule has 2 amide bonds. The summed E-state index contributed by atoms with van der Waals surface area (Å²) in [6.07, 6.45) is -0.619. The molecule has 0 spiro atoms. The maximum atomic E-state index is 12.9. The molecule has 124 valence electrons. The molecule has 1 N–H and O–H groups in total. The van der Waals surface area contributed by atoms with E-state index in [1.165, 1.54) is 0 Å². The minimum absolute atomic E-state index is 0.0960. The number of ether oxygens (including phenoxy) is 2. The Labute approximate surface area is 135 Å². The van der Waals surface area contributed by atoms with E-state index < -0.39 is 6.10 Å². The van der Waals surface area contributed by atoms with E-state index in [1.54, 1.807) is 18.0 Å². The molecular weight excluding hydrogens is 296 g/mol. The van der Waals surface area contributed by atoms with Crippen molar-refractivity contribution in [1.82, 2.24) is 10.2 Å². The highest BCUT2D eigenvalue weighted by atomic mass is 16.5. The molecule has 0 aliphatic carbocycles. The van der Waals surface area contributed by atoms with Gasteiger partial charge in [0.25, 0.3) is 11.8 Å². The van der Waals surface area contributed by atoms with Crippen LogP contribution in [0.2, 0.25) is 0 Å². The Hall–Kier alpha value is -2.08. The lowest BCUT2D eigenvalue weighted by Crippen LogP contribution is -2.51. The number of rotatable bonds is 2. The molecule has 2 aliphatic heterocycles. The van der Waals surface area contributed by atoms with Gasteiger partial charge >= 0.3 is 0 Å². The molecule has 0 saturated carbocycles. The SMILES string of the molecule is CNC(=O)C1CN(C(=O)c2cccc3c2OCC3(C)C)CCO1. The predicted molar refractivity (Wildman–Crippen MR) is 84.7 cm³/mol. The zero-order valence-corrected chi connectivity index (χ0v) is 13.7. The van der Waals surface area contributed by atoms with Crippen LogP contribution in [0.15, 0.2) is 18.2 Å². The molecule has 1 saturated heterocycles. The summed E-state index contributed by atoms with van der Waals surface area (Å²) >= 11 is 0. The van der Waals surface area contributed by atoms with Crippen LogP contribution >= 0.6 is 0 Å². The van der Waals surface area contributed by atoms with Crippen molar-refractivity contribution in [3.8, 4) is 5.75 Å². The van der Waals surface area contributed by atoms with Crippen molar-refractivity contribution in [2.45, 2.75) is 25.4 Å². The van der Waals surface area contributed by atoms with E-state index in [0.29, 0.717) is 31.1 Å². The molecular formula is C17H22N2O4. The Morgan fingerprint density at radius 1 is 1.35 bits per heavy atom. The third-order valence-electron chi connectivity index (χ3n) is 4.44. The monoisotopic (exact) mass is 318 g/mol. The first-order valence-electron chi connectivity index (χ1n) is 7.83. The minimum atomic E-state index is -0.619. The van der Waals surface area contributed by atoms with Gasteiger partial charge in [0.05, 0.1) is 25.3 Å². The molecule has 23 heavy (non-hydrogen) atoms. The molecule has 1 aromatic rings. The Morgan fingerprint density at radius 2 is 2.13 bits per heavy atom. The van der Waals surface area contributed by atoms with Crippen molar-refractivity contribution in [2.75, 3.05) is 33.4 Å². The first-order valence-corrected chi connectivity index (χ1v) is 7.83. The zero-order valence-electron chi connectivity index (χ0n) is 13.7. The molecule has 1 fully saturated rings. The molecule has 6 nitrogen and oxygen atoms in total. The Morgan fingerprint density at radius 3 is 2.87 bits per heavy atom. The first kappa shape index (κ1) is 15.8. The van der Waals surface area contributed by atoms with Gasteiger partial charge < -0.3 is 19.7 Å². The number of nitrogens with zero attached hydrogens (tertiary/aromatic N) is 1. The third-order valence-corrected chi connectivity index (χ3v) is 4.44. The summed E-state index contributed by atoms with van der Waals surface area (Å²) in [5.41, 5.74) is 1.52. The lowest BCUT2D eigenvalue weighted by molar-refractivity contribution is -0.136. The van der Waals surface area contributed by atoms with Crippen LogP contribution in [-0.4, -0.2) is 56.2 Å². The predicted octanol–water partition coefficient (Wildman–Crippen LogP) is 0.944. The first-order chi connectivity index (χ1) is 10.9. The van der Waals surface area contributed by atoms with Crippen LogP contribution in [0, 0.1) is 0 Å². The molecule has 0 radical (unpaired) electrons. The van der Waals surface area contributed by atoms with Crippen LogP contribution in [0.25, 0.3) is 0 Å². The fraction of sp³-hybridized carbons (Fsp3) is 0.529. The number of morpholine rings is 1. The van der Waals surface area contributed by atoms with E-state index in [2.05, 4.69) is 19.2 Å². The van der Waals surface area contributed by atoms with Gasteiger partial charge in [0, 0.05) is 24.6 Å². The molecule has 0 bridgehead atoms. The number of hydrogen-bond acceptors (Lipinski definition) is 4. The summed E-state index contributed by atoms with van der Waals surface area (Å²) in [5.74, 6) is 0.348. The van der Waals surface area contributed by atoms with Gasteiger partial charge in [0.15, 0.2) is 6.10 Å². The fourth-order valence-electron chi connectivity index (χ4n) is 3.05. The third kappa shape index (κ3) is 2.79. The molecule has 6 heteroatoms. The number of fused-ring (bicyclic) bond motifs is 1. The second-order valence-electron chi connectivity index (χ2n) is 6.58. The second-order valence-corrected chi connectivity index (χ2v) is 6.58. The highest BCUT2D eigenvalue weighted by Gasteiger charge is 2.36. The van der Waals surface area contributed by atoms with Gasteiger partial charge in [-0.15, -0.1) is 0 Å². The van der Waals surface area contributed by atoms with Crippen LogP contribution in [0.1, 0.15) is 29.8 Å². The van der Waals surface area contributed by atoms with E-state index in [0.717, 1.165) is 5.56 Å². The topological polar surface area (TPSA) is 67.9 Å². The maximum absolute atomic E-state index is 12.9. The van der Waals surface area contributed by atoms with Gasteiger partial charge in [0.1, 0.15) is 5.75 Å². The second kappa shape index (κ2) is 5.85. The molecule has 1 unspecified atom stereocenters.